The van der Waals surface area contributed by atoms with Gasteiger partial charge in [-0.3, -0.25) is 0 Å². The molecule has 2 aromatic heterocycles. The van der Waals surface area contributed by atoms with Crippen molar-refractivity contribution in [1.82, 2.24) is 15.2 Å². The molecule has 2 heterocycles. The molecule has 0 radical (unpaired) electrons. The molecule has 0 unspecified atom stereocenters. The first kappa shape index (κ1) is 8.16. The molecule has 0 aliphatic carbocycles. The van der Waals surface area contributed by atoms with Gasteiger partial charge < -0.3 is 4.42 Å². The molecule has 2 aromatic rings. The molecule has 2 rings (SSSR count). The predicted octanol–water partition coefficient (Wildman–Crippen LogP) is 1.74. The Kier molecular flexibility index (Phi) is 1.96. The van der Waals surface area contributed by atoms with E-state index in [1.807, 2.05) is 13.8 Å². The molecule has 0 atom stereocenters. The van der Waals surface area contributed by atoms with Crippen molar-refractivity contribution in [1.29, 1.82) is 0 Å². The van der Waals surface area contributed by atoms with Crippen molar-refractivity contribution in [2.45, 2.75) is 26.7 Å². The van der Waals surface area contributed by atoms with Gasteiger partial charge in [-0.1, -0.05) is 13.8 Å². The third kappa shape index (κ3) is 1.18. The van der Waals surface area contributed by atoms with E-state index in [4.69, 9.17) is 4.42 Å². The van der Waals surface area contributed by atoms with Crippen LogP contribution in [-0.2, 0) is 12.8 Å². The highest BCUT2D eigenvalue weighted by Gasteiger charge is 2.10. The average Bonchev–Trinajstić information content (AvgIpc) is 2.64. The van der Waals surface area contributed by atoms with Gasteiger partial charge in [0.05, 0.1) is 5.69 Å². The van der Waals surface area contributed by atoms with E-state index >= 15 is 0 Å². The standard InChI is InChI=1S/C9H11N3O/c1-3-6-8-9(13-5-10-8)7(4-2)12-11-6/h5H,3-4H2,1-2H3. The molecular formula is C9H11N3O. The minimum Gasteiger partial charge on any atom is -0.441 e. The van der Waals surface area contributed by atoms with Gasteiger partial charge in [-0.15, -0.1) is 0 Å². The monoisotopic (exact) mass is 177 g/mol. The van der Waals surface area contributed by atoms with Crippen LogP contribution >= 0.6 is 0 Å². The van der Waals surface area contributed by atoms with E-state index in [1.54, 1.807) is 0 Å². The van der Waals surface area contributed by atoms with E-state index in [2.05, 4.69) is 15.2 Å². The van der Waals surface area contributed by atoms with Crippen LogP contribution < -0.4 is 0 Å². The third-order valence-corrected chi connectivity index (χ3v) is 2.06. The fourth-order valence-corrected chi connectivity index (χ4v) is 1.34. The zero-order valence-electron chi connectivity index (χ0n) is 7.74. The molecule has 0 spiro atoms. The first-order chi connectivity index (χ1) is 6.36. The minimum atomic E-state index is 0.786. The molecule has 0 aliphatic rings. The summed E-state index contributed by atoms with van der Waals surface area (Å²) < 4.78 is 5.27. The van der Waals surface area contributed by atoms with Gasteiger partial charge in [0.1, 0.15) is 11.2 Å². The molecule has 13 heavy (non-hydrogen) atoms. The van der Waals surface area contributed by atoms with Crippen LogP contribution in [-0.4, -0.2) is 15.2 Å². The van der Waals surface area contributed by atoms with Gasteiger partial charge in [-0.05, 0) is 12.8 Å². The molecule has 0 N–H and O–H groups in total. The summed E-state index contributed by atoms with van der Waals surface area (Å²) in [7, 11) is 0. The molecule has 0 aliphatic heterocycles. The normalized spacial score (nSPS) is 10.9. The van der Waals surface area contributed by atoms with Gasteiger partial charge in [0.15, 0.2) is 12.0 Å². The average molecular weight is 177 g/mol. The van der Waals surface area contributed by atoms with Crippen molar-refractivity contribution in [3.63, 3.8) is 0 Å². The summed E-state index contributed by atoms with van der Waals surface area (Å²) in [6, 6.07) is 0. The van der Waals surface area contributed by atoms with Gasteiger partial charge in [0.25, 0.3) is 0 Å². The number of nitrogens with zero attached hydrogens (tertiary/aromatic N) is 3. The molecule has 0 fully saturated rings. The van der Waals surface area contributed by atoms with Gasteiger partial charge in [-0.2, -0.15) is 10.2 Å². The summed E-state index contributed by atoms with van der Waals surface area (Å²) in [5.41, 5.74) is 3.43. The second-order valence-corrected chi connectivity index (χ2v) is 2.83. The summed E-state index contributed by atoms with van der Waals surface area (Å²) in [6.07, 6.45) is 3.11. The van der Waals surface area contributed by atoms with Crippen LogP contribution in [0.4, 0.5) is 0 Å². The minimum absolute atomic E-state index is 0.786. The first-order valence-corrected chi connectivity index (χ1v) is 4.44. The molecule has 4 heteroatoms. The molecule has 0 amide bonds. The summed E-state index contributed by atoms with van der Waals surface area (Å²) >= 11 is 0. The first-order valence-electron chi connectivity index (χ1n) is 4.44. The number of rotatable bonds is 2. The lowest BCUT2D eigenvalue weighted by molar-refractivity contribution is 0.594. The number of oxazole rings is 1. The number of hydrogen-bond acceptors (Lipinski definition) is 4. The second-order valence-electron chi connectivity index (χ2n) is 2.83. The van der Waals surface area contributed by atoms with Crippen LogP contribution in [0.2, 0.25) is 0 Å². The second kappa shape index (κ2) is 3.12. The van der Waals surface area contributed by atoms with Crippen LogP contribution in [0.15, 0.2) is 10.8 Å². The third-order valence-electron chi connectivity index (χ3n) is 2.06. The van der Waals surface area contributed by atoms with Gasteiger partial charge >= 0.3 is 0 Å². The zero-order chi connectivity index (χ0) is 9.26. The van der Waals surface area contributed by atoms with E-state index in [0.717, 1.165) is 35.3 Å². The Morgan fingerprint density at radius 1 is 1.15 bits per heavy atom. The van der Waals surface area contributed by atoms with Crippen LogP contribution in [0.25, 0.3) is 11.1 Å². The van der Waals surface area contributed by atoms with Crippen LogP contribution in [0, 0.1) is 0 Å². The van der Waals surface area contributed by atoms with Crippen molar-refractivity contribution in [2.75, 3.05) is 0 Å². The number of aromatic nitrogens is 3. The maximum Gasteiger partial charge on any atom is 0.182 e. The van der Waals surface area contributed by atoms with Crippen molar-refractivity contribution < 1.29 is 4.42 Å². The van der Waals surface area contributed by atoms with Crippen molar-refractivity contribution in [3.8, 4) is 0 Å². The predicted molar refractivity (Wildman–Crippen MR) is 48.4 cm³/mol. The largest absolute Gasteiger partial charge is 0.441 e. The van der Waals surface area contributed by atoms with Crippen LogP contribution in [0.1, 0.15) is 25.2 Å². The van der Waals surface area contributed by atoms with Crippen molar-refractivity contribution in [2.24, 2.45) is 0 Å². The van der Waals surface area contributed by atoms with E-state index in [-0.39, 0.29) is 0 Å². The summed E-state index contributed by atoms with van der Waals surface area (Å²) in [4.78, 5) is 4.13. The van der Waals surface area contributed by atoms with Gasteiger partial charge in [0, 0.05) is 0 Å². The van der Waals surface area contributed by atoms with Gasteiger partial charge in [-0.25, -0.2) is 4.98 Å². The quantitative estimate of drug-likeness (QED) is 0.701. The van der Waals surface area contributed by atoms with E-state index in [9.17, 15) is 0 Å². The lowest BCUT2D eigenvalue weighted by Crippen LogP contribution is -1.97. The fraction of sp³-hybridized carbons (Fsp3) is 0.444. The lowest BCUT2D eigenvalue weighted by Gasteiger charge is -1.98. The summed E-state index contributed by atoms with van der Waals surface area (Å²) in [5.74, 6) is 0. The molecule has 4 nitrogen and oxygen atoms in total. The lowest BCUT2D eigenvalue weighted by atomic mass is 10.2. The van der Waals surface area contributed by atoms with E-state index in [0.29, 0.717) is 0 Å². The topological polar surface area (TPSA) is 51.8 Å². The molecule has 68 valence electrons. The summed E-state index contributed by atoms with van der Waals surface area (Å²) in [6.45, 7) is 4.06. The Morgan fingerprint density at radius 3 is 2.54 bits per heavy atom. The van der Waals surface area contributed by atoms with E-state index in [1.165, 1.54) is 6.39 Å². The van der Waals surface area contributed by atoms with Gasteiger partial charge in [0.2, 0.25) is 0 Å². The Balaban J connectivity index is 2.74. The van der Waals surface area contributed by atoms with Crippen molar-refractivity contribution in [3.05, 3.63) is 17.8 Å². The summed E-state index contributed by atoms with van der Waals surface area (Å²) in [5, 5.41) is 8.18. The molecule has 0 saturated carbocycles. The highest BCUT2D eigenvalue weighted by Crippen LogP contribution is 2.18. The number of aryl methyl sites for hydroxylation is 2. The number of fused-ring (bicyclic) bond motifs is 1. The Hall–Kier alpha value is -1.45. The van der Waals surface area contributed by atoms with Crippen molar-refractivity contribution >= 4 is 11.1 Å². The SMILES string of the molecule is CCc1nnc(CC)c2ocnc12. The molecule has 0 saturated heterocycles. The highest BCUT2D eigenvalue weighted by atomic mass is 16.3. The van der Waals surface area contributed by atoms with E-state index < -0.39 is 0 Å². The highest BCUT2D eigenvalue weighted by molar-refractivity contribution is 5.76. The molecule has 0 bridgehead atoms. The smallest absolute Gasteiger partial charge is 0.182 e. The Labute approximate surface area is 76.0 Å². The Morgan fingerprint density at radius 2 is 1.85 bits per heavy atom. The Bertz CT molecular complexity index is 384. The molecular weight excluding hydrogens is 166 g/mol. The van der Waals surface area contributed by atoms with Crippen LogP contribution in [0.5, 0.6) is 0 Å². The fourth-order valence-electron chi connectivity index (χ4n) is 1.34. The maximum atomic E-state index is 5.27. The number of hydrogen-bond donors (Lipinski definition) is 0. The molecule has 0 aromatic carbocycles. The maximum absolute atomic E-state index is 5.27. The van der Waals surface area contributed by atoms with Crippen LogP contribution in [0.3, 0.4) is 0 Å². The zero-order valence-corrected chi connectivity index (χ0v) is 7.74.